The first-order valence-electron chi connectivity index (χ1n) is 3.35. The third kappa shape index (κ3) is 4.44. The molecule has 1 amide bonds. The van der Waals surface area contributed by atoms with Crippen molar-refractivity contribution in [2.45, 2.75) is 24.1 Å². The SMILES string of the molecule is CC(Br)C(=O)NCC(F)(F)C(F)F. The molecule has 0 rings (SSSR count). The summed E-state index contributed by atoms with van der Waals surface area (Å²) in [6.07, 6.45) is -3.77. The summed E-state index contributed by atoms with van der Waals surface area (Å²) < 4.78 is 47.5. The summed E-state index contributed by atoms with van der Waals surface area (Å²) in [5.41, 5.74) is 0. The number of alkyl halides is 5. The second-order valence-electron chi connectivity index (χ2n) is 2.40. The lowest BCUT2D eigenvalue weighted by molar-refractivity contribution is -0.135. The van der Waals surface area contributed by atoms with E-state index in [0.29, 0.717) is 0 Å². The number of hydrogen-bond donors (Lipinski definition) is 1. The zero-order chi connectivity index (χ0) is 10.6. The Morgan fingerprint density at radius 1 is 1.54 bits per heavy atom. The Morgan fingerprint density at radius 2 is 2.00 bits per heavy atom. The summed E-state index contributed by atoms with van der Waals surface area (Å²) in [5.74, 6) is -4.92. The maximum atomic E-state index is 12.2. The summed E-state index contributed by atoms with van der Waals surface area (Å²) in [7, 11) is 0. The quantitative estimate of drug-likeness (QED) is 0.610. The number of carbonyl (C=O) groups excluding carboxylic acids is 1. The van der Waals surface area contributed by atoms with Crippen LogP contribution in [-0.2, 0) is 4.79 Å². The fraction of sp³-hybridized carbons (Fsp3) is 0.833. The Balaban J connectivity index is 3.95. The summed E-state index contributed by atoms with van der Waals surface area (Å²) >= 11 is 2.80. The van der Waals surface area contributed by atoms with Crippen LogP contribution in [0.2, 0.25) is 0 Å². The number of rotatable bonds is 4. The first kappa shape index (κ1) is 12.7. The van der Waals surface area contributed by atoms with Gasteiger partial charge in [0.15, 0.2) is 0 Å². The highest BCUT2D eigenvalue weighted by Gasteiger charge is 2.40. The van der Waals surface area contributed by atoms with Gasteiger partial charge in [0, 0.05) is 0 Å². The van der Waals surface area contributed by atoms with Crippen molar-refractivity contribution in [3.8, 4) is 0 Å². The molecule has 1 N–H and O–H groups in total. The van der Waals surface area contributed by atoms with Gasteiger partial charge in [0.25, 0.3) is 0 Å². The Morgan fingerprint density at radius 3 is 2.31 bits per heavy atom. The molecular formula is C6H8BrF4NO. The van der Waals surface area contributed by atoms with Crippen molar-refractivity contribution in [2.75, 3.05) is 6.54 Å². The number of carbonyl (C=O) groups is 1. The molecule has 0 saturated heterocycles. The molecule has 7 heteroatoms. The molecule has 0 heterocycles. The summed E-state index contributed by atoms with van der Waals surface area (Å²) in [6.45, 7) is 0.0509. The van der Waals surface area contributed by atoms with Crippen LogP contribution in [-0.4, -0.2) is 29.6 Å². The van der Waals surface area contributed by atoms with Crippen LogP contribution in [0.15, 0.2) is 0 Å². The predicted molar refractivity (Wildman–Crippen MR) is 42.3 cm³/mol. The van der Waals surface area contributed by atoms with E-state index in [9.17, 15) is 22.4 Å². The highest BCUT2D eigenvalue weighted by atomic mass is 79.9. The molecule has 78 valence electrons. The minimum absolute atomic E-state index is 0.680. The van der Waals surface area contributed by atoms with Crippen LogP contribution in [0.4, 0.5) is 17.6 Å². The van der Waals surface area contributed by atoms with Crippen LogP contribution in [0.3, 0.4) is 0 Å². The topological polar surface area (TPSA) is 29.1 Å². The van der Waals surface area contributed by atoms with E-state index in [1.807, 2.05) is 0 Å². The molecule has 0 aliphatic heterocycles. The molecule has 0 aromatic heterocycles. The van der Waals surface area contributed by atoms with Gasteiger partial charge in [0.05, 0.1) is 11.4 Å². The lowest BCUT2D eigenvalue weighted by Gasteiger charge is -2.16. The third-order valence-electron chi connectivity index (χ3n) is 1.18. The van der Waals surface area contributed by atoms with E-state index in [1.54, 1.807) is 5.32 Å². The second kappa shape index (κ2) is 4.78. The van der Waals surface area contributed by atoms with Gasteiger partial charge in [-0.05, 0) is 6.92 Å². The van der Waals surface area contributed by atoms with Crippen molar-refractivity contribution in [1.29, 1.82) is 0 Å². The average Bonchev–Trinajstić information content (AvgIpc) is 1.99. The highest BCUT2D eigenvalue weighted by molar-refractivity contribution is 9.10. The predicted octanol–water partition coefficient (Wildman–Crippen LogP) is 1.79. The molecule has 0 saturated carbocycles. The van der Waals surface area contributed by atoms with E-state index >= 15 is 0 Å². The van der Waals surface area contributed by atoms with Crippen LogP contribution >= 0.6 is 15.9 Å². The van der Waals surface area contributed by atoms with Gasteiger partial charge in [0.1, 0.15) is 0 Å². The monoisotopic (exact) mass is 265 g/mol. The first-order chi connectivity index (χ1) is 5.77. The van der Waals surface area contributed by atoms with Gasteiger partial charge in [-0.2, -0.15) is 8.78 Å². The molecule has 0 fully saturated rings. The van der Waals surface area contributed by atoms with Crippen molar-refractivity contribution in [1.82, 2.24) is 5.32 Å². The highest BCUT2D eigenvalue weighted by Crippen LogP contribution is 2.21. The lowest BCUT2D eigenvalue weighted by atomic mass is 10.3. The fourth-order valence-corrected chi connectivity index (χ4v) is 0.585. The van der Waals surface area contributed by atoms with Gasteiger partial charge >= 0.3 is 12.3 Å². The van der Waals surface area contributed by atoms with Crippen molar-refractivity contribution in [3.05, 3.63) is 0 Å². The third-order valence-corrected chi connectivity index (χ3v) is 1.59. The molecule has 0 aromatic rings. The zero-order valence-corrected chi connectivity index (χ0v) is 8.25. The molecule has 0 spiro atoms. The summed E-state index contributed by atoms with van der Waals surface area (Å²) in [4.78, 5) is 10.00. The van der Waals surface area contributed by atoms with Crippen LogP contribution in [0.1, 0.15) is 6.92 Å². The van der Waals surface area contributed by atoms with E-state index in [1.165, 1.54) is 6.92 Å². The molecule has 0 aliphatic rings. The number of amides is 1. The van der Waals surface area contributed by atoms with Gasteiger partial charge < -0.3 is 5.32 Å². The molecule has 0 aliphatic carbocycles. The van der Waals surface area contributed by atoms with Crippen molar-refractivity contribution in [3.63, 3.8) is 0 Å². The fourth-order valence-electron chi connectivity index (χ4n) is 0.423. The zero-order valence-electron chi connectivity index (χ0n) is 6.66. The van der Waals surface area contributed by atoms with Gasteiger partial charge in [0.2, 0.25) is 5.91 Å². The molecule has 1 unspecified atom stereocenters. The van der Waals surface area contributed by atoms with Gasteiger partial charge in [-0.25, -0.2) is 8.78 Å². The lowest BCUT2D eigenvalue weighted by Crippen LogP contribution is -2.43. The molecule has 1 atom stereocenters. The molecule has 0 bridgehead atoms. The van der Waals surface area contributed by atoms with Gasteiger partial charge in [-0.3, -0.25) is 4.79 Å². The summed E-state index contributed by atoms with van der Waals surface area (Å²) in [5, 5.41) is 1.69. The largest absolute Gasteiger partial charge is 0.349 e. The minimum atomic E-state index is -4.17. The van der Waals surface area contributed by atoms with Crippen molar-refractivity contribution >= 4 is 21.8 Å². The number of nitrogens with one attached hydrogen (secondary N) is 1. The first-order valence-corrected chi connectivity index (χ1v) is 4.26. The van der Waals surface area contributed by atoms with Crippen molar-refractivity contribution < 1.29 is 22.4 Å². The van der Waals surface area contributed by atoms with E-state index in [2.05, 4.69) is 15.9 Å². The van der Waals surface area contributed by atoms with Crippen LogP contribution in [0.5, 0.6) is 0 Å². The van der Waals surface area contributed by atoms with Crippen LogP contribution < -0.4 is 5.32 Å². The number of halogens is 5. The molecule has 0 aromatic carbocycles. The average molecular weight is 266 g/mol. The van der Waals surface area contributed by atoms with Crippen LogP contribution in [0.25, 0.3) is 0 Å². The normalized spacial score (nSPS) is 14.4. The van der Waals surface area contributed by atoms with Crippen LogP contribution in [0, 0.1) is 0 Å². The van der Waals surface area contributed by atoms with Gasteiger partial charge in [-0.1, -0.05) is 15.9 Å². The van der Waals surface area contributed by atoms with E-state index in [-0.39, 0.29) is 0 Å². The maximum absolute atomic E-state index is 12.2. The smallest absolute Gasteiger partial charge is 0.324 e. The molecule has 13 heavy (non-hydrogen) atoms. The Kier molecular flexibility index (Phi) is 4.66. The summed E-state index contributed by atoms with van der Waals surface area (Å²) in [6, 6.07) is 0. The minimum Gasteiger partial charge on any atom is -0.349 e. The number of hydrogen-bond acceptors (Lipinski definition) is 1. The van der Waals surface area contributed by atoms with Crippen molar-refractivity contribution in [2.24, 2.45) is 0 Å². The standard InChI is InChI=1S/C6H8BrF4NO/c1-3(7)4(13)12-2-6(10,11)5(8)9/h3,5H,2H2,1H3,(H,12,13). The van der Waals surface area contributed by atoms with E-state index in [0.717, 1.165) is 0 Å². The van der Waals surface area contributed by atoms with Gasteiger partial charge in [-0.15, -0.1) is 0 Å². The Hall–Kier alpha value is -0.330. The Bertz CT molecular complexity index is 185. The Labute approximate surface area is 80.8 Å². The second-order valence-corrected chi connectivity index (χ2v) is 3.77. The molecule has 2 nitrogen and oxygen atoms in total. The van der Waals surface area contributed by atoms with E-state index < -0.39 is 29.6 Å². The maximum Gasteiger partial charge on any atom is 0.324 e. The molecular weight excluding hydrogens is 258 g/mol. The molecule has 0 radical (unpaired) electrons. The van der Waals surface area contributed by atoms with E-state index in [4.69, 9.17) is 0 Å².